The molecule has 0 saturated carbocycles. The zero-order valence-electron chi connectivity index (χ0n) is 11.0. The lowest BCUT2D eigenvalue weighted by Crippen LogP contribution is -2.21. The van der Waals surface area contributed by atoms with Gasteiger partial charge >= 0.3 is 0 Å². The zero-order chi connectivity index (χ0) is 12.8. The van der Waals surface area contributed by atoms with E-state index in [1.165, 1.54) is 10.4 Å². The fourth-order valence-corrected chi connectivity index (χ4v) is 2.88. The first-order valence-corrected chi connectivity index (χ1v) is 7.36. The molecule has 0 fully saturated rings. The van der Waals surface area contributed by atoms with E-state index in [1.54, 1.807) is 0 Å². The molecular weight excluding hydrogens is 240 g/mol. The van der Waals surface area contributed by atoms with Crippen molar-refractivity contribution in [1.29, 1.82) is 0 Å². The molecule has 0 aliphatic heterocycles. The van der Waals surface area contributed by atoms with Crippen molar-refractivity contribution in [3.63, 3.8) is 0 Å². The topological polar surface area (TPSA) is 24.9 Å². The third-order valence-corrected chi connectivity index (χ3v) is 3.97. The number of aromatic nitrogens is 1. The summed E-state index contributed by atoms with van der Waals surface area (Å²) in [6, 6.07) is 9.07. The van der Waals surface area contributed by atoms with Crippen LogP contribution in [-0.4, -0.2) is 11.5 Å². The number of aryl methyl sites for hydroxylation is 2. The summed E-state index contributed by atoms with van der Waals surface area (Å²) in [6.45, 7) is 5.20. The Morgan fingerprint density at radius 2 is 2.28 bits per heavy atom. The maximum absolute atomic E-state index is 4.27. The number of hydrogen-bond donors (Lipinski definition) is 1. The average Bonchev–Trinajstić information content (AvgIpc) is 2.87. The Labute approximate surface area is 113 Å². The van der Waals surface area contributed by atoms with Crippen LogP contribution < -0.4 is 5.32 Å². The minimum absolute atomic E-state index is 0.429. The minimum Gasteiger partial charge on any atom is -0.310 e. The highest BCUT2D eigenvalue weighted by Gasteiger charge is 2.10. The Morgan fingerprint density at radius 3 is 2.94 bits per heavy atom. The van der Waals surface area contributed by atoms with E-state index < -0.39 is 0 Å². The molecule has 0 aliphatic rings. The average molecular weight is 260 g/mol. The van der Waals surface area contributed by atoms with Crippen LogP contribution in [0.15, 0.2) is 35.8 Å². The van der Waals surface area contributed by atoms with Crippen molar-refractivity contribution in [1.82, 2.24) is 10.3 Å². The van der Waals surface area contributed by atoms with Gasteiger partial charge in [-0.2, -0.15) is 0 Å². The predicted octanol–water partition coefficient (Wildman–Crippen LogP) is 3.73. The molecule has 0 saturated heterocycles. The molecule has 0 radical (unpaired) electrons. The van der Waals surface area contributed by atoms with Crippen molar-refractivity contribution >= 4 is 11.3 Å². The van der Waals surface area contributed by atoms with Crippen molar-refractivity contribution in [2.45, 2.75) is 32.7 Å². The Morgan fingerprint density at radius 1 is 1.39 bits per heavy atom. The number of hydrogen-bond acceptors (Lipinski definition) is 3. The smallest absolute Gasteiger partial charge is 0.0375 e. The van der Waals surface area contributed by atoms with Crippen LogP contribution >= 0.6 is 11.3 Å². The van der Waals surface area contributed by atoms with Gasteiger partial charge in [0.05, 0.1) is 0 Å². The van der Waals surface area contributed by atoms with Gasteiger partial charge in [0.2, 0.25) is 0 Å². The summed E-state index contributed by atoms with van der Waals surface area (Å²) >= 11 is 1.84. The molecule has 3 heteroatoms. The van der Waals surface area contributed by atoms with Crippen LogP contribution in [0.5, 0.6) is 0 Å². The van der Waals surface area contributed by atoms with Gasteiger partial charge in [0.1, 0.15) is 0 Å². The molecule has 1 unspecified atom stereocenters. The Hall–Kier alpha value is -1.19. The number of nitrogens with zero attached hydrogens (tertiary/aromatic N) is 1. The highest BCUT2D eigenvalue weighted by atomic mass is 32.1. The number of thiophene rings is 1. The van der Waals surface area contributed by atoms with Gasteiger partial charge < -0.3 is 5.32 Å². The van der Waals surface area contributed by atoms with Gasteiger partial charge in [0.25, 0.3) is 0 Å². The second-order valence-corrected chi connectivity index (χ2v) is 5.49. The van der Waals surface area contributed by atoms with Gasteiger partial charge in [-0.1, -0.05) is 13.0 Å². The van der Waals surface area contributed by atoms with E-state index in [9.17, 15) is 0 Å². The third-order valence-electron chi connectivity index (χ3n) is 3.03. The molecule has 2 aromatic heterocycles. The van der Waals surface area contributed by atoms with Gasteiger partial charge in [-0.15, -0.1) is 11.3 Å². The third kappa shape index (κ3) is 3.65. The van der Waals surface area contributed by atoms with E-state index in [4.69, 9.17) is 0 Å². The summed E-state index contributed by atoms with van der Waals surface area (Å²) in [7, 11) is 0. The van der Waals surface area contributed by atoms with Crippen molar-refractivity contribution in [3.05, 3.63) is 52.0 Å². The first-order chi connectivity index (χ1) is 8.79. The highest BCUT2D eigenvalue weighted by molar-refractivity contribution is 7.09. The molecule has 2 nitrogen and oxygen atoms in total. The van der Waals surface area contributed by atoms with Crippen molar-refractivity contribution in [2.24, 2.45) is 0 Å². The first kappa shape index (κ1) is 13.2. The van der Waals surface area contributed by atoms with Crippen LogP contribution in [0.2, 0.25) is 0 Å². The molecule has 18 heavy (non-hydrogen) atoms. The summed E-state index contributed by atoms with van der Waals surface area (Å²) in [5, 5.41) is 5.71. The standard InChI is InChI=1S/C15H20N2S/c1-3-16-15(7-6-14-5-4-10-18-14)13-8-9-17-12(2)11-13/h4-5,8-11,15-16H,3,6-7H2,1-2H3. The van der Waals surface area contributed by atoms with Gasteiger partial charge in [-0.3, -0.25) is 4.98 Å². The number of rotatable bonds is 6. The van der Waals surface area contributed by atoms with Crippen molar-refractivity contribution in [2.75, 3.05) is 6.54 Å². The summed E-state index contributed by atoms with van der Waals surface area (Å²) in [4.78, 5) is 5.73. The van der Waals surface area contributed by atoms with E-state index >= 15 is 0 Å². The summed E-state index contributed by atoms with van der Waals surface area (Å²) in [5.41, 5.74) is 2.44. The van der Waals surface area contributed by atoms with E-state index in [1.807, 2.05) is 24.5 Å². The van der Waals surface area contributed by atoms with E-state index in [2.05, 4.69) is 46.9 Å². The molecule has 0 bridgehead atoms. The largest absolute Gasteiger partial charge is 0.310 e. The maximum Gasteiger partial charge on any atom is 0.0375 e. The van der Waals surface area contributed by atoms with Crippen LogP contribution in [0.4, 0.5) is 0 Å². The Kier molecular flexibility index (Phi) is 4.90. The highest BCUT2D eigenvalue weighted by Crippen LogP contribution is 2.21. The molecule has 0 amide bonds. The Bertz CT molecular complexity index is 465. The molecule has 2 heterocycles. The normalized spacial score (nSPS) is 12.6. The van der Waals surface area contributed by atoms with Crippen LogP contribution in [0.3, 0.4) is 0 Å². The summed E-state index contributed by atoms with van der Waals surface area (Å²) in [5.74, 6) is 0. The molecule has 0 aliphatic carbocycles. The molecule has 2 rings (SSSR count). The van der Waals surface area contributed by atoms with Crippen LogP contribution in [0.1, 0.15) is 35.5 Å². The fraction of sp³-hybridized carbons (Fsp3) is 0.400. The molecule has 1 N–H and O–H groups in total. The number of nitrogens with one attached hydrogen (secondary N) is 1. The zero-order valence-corrected chi connectivity index (χ0v) is 11.8. The monoisotopic (exact) mass is 260 g/mol. The number of pyridine rings is 1. The quantitative estimate of drug-likeness (QED) is 0.856. The predicted molar refractivity (Wildman–Crippen MR) is 78.0 cm³/mol. The van der Waals surface area contributed by atoms with E-state index in [0.29, 0.717) is 6.04 Å². The van der Waals surface area contributed by atoms with E-state index in [-0.39, 0.29) is 0 Å². The van der Waals surface area contributed by atoms with Gasteiger partial charge in [-0.05, 0) is 55.5 Å². The van der Waals surface area contributed by atoms with Gasteiger partial charge in [0.15, 0.2) is 0 Å². The molecular formula is C15H20N2S. The van der Waals surface area contributed by atoms with Crippen molar-refractivity contribution in [3.8, 4) is 0 Å². The molecule has 0 aromatic carbocycles. The lowest BCUT2D eigenvalue weighted by molar-refractivity contribution is 0.516. The van der Waals surface area contributed by atoms with E-state index in [0.717, 1.165) is 25.1 Å². The summed E-state index contributed by atoms with van der Waals surface area (Å²) < 4.78 is 0. The second-order valence-electron chi connectivity index (χ2n) is 4.46. The fourth-order valence-electron chi connectivity index (χ4n) is 2.16. The summed E-state index contributed by atoms with van der Waals surface area (Å²) in [6.07, 6.45) is 4.18. The Balaban J connectivity index is 2.03. The molecule has 0 spiro atoms. The van der Waals surface area contributed by atoms with Crippen LogP contribution in [0, 0.1) is 6.92 Å². The molecule has 96 valence electrons. The van der Waals surface area contributed by atoms with Gasteiger partial charge in [-0.25, -0.2) is 0 Å². The van der Waals surface area contributed by atoms with Gasteiger partial charge in [0, 0.05) is 22.8 Å². The second kappa shape index (κ2) is 6.66. The van der Waals surface area contributed by atoms with Crippen LogP contribution in [0.25, 0.3) is 0 Å². The lowest BCUT2D eigenvalue weighted by atomic mass is 10.0. The van der Waals surface area contributed by atoms with Crippen LogP contribution in [-0.2, 0) is 6.42 Å². The molecule has 1 atom stereocenters. The maximum atomic E-state index is 4.27. The minimum atomic E-state index is 0.429. The molecule has 2 aromatic rings. The SMILES string of the molecule is CCNC(CCc1cccs1)c1ccnc(C)c1. The lowest BCUT2D eigenvalue weighted by Gasteiger charge is -2.18. The van der Waals surface area contributed by atoms with Crippen molar-refractivity contribution < 1.29 is 0 Å². The first-order valence-electron chi connectivity index (χ1n) is 6.48.